The van der Waals surface area contributed by atoms with Crippen LogP contribution in [0.15, 0.2) is 10.6 Å². The van der Waals surface area contributed by atoms with Crippen LogP contribution in [0.3, 0.4) is 0 Å². The second kappa shape index (κ2) is 5.41. The van der Waals surface area contributed by atoms with E-state index in [9.17, 15) is 0 Å². The Balaban J connectivity index is 1.41. The first-order valence-corrected chi connectivity index (χ1v) is 7.22. The summed E-state index contributed by atoms with van der Waals surface area (Å²) in [5.74, 6) is 1.74. The Morgan fingerprint density at radius 2 is 2.22 bits per heavy atom. The average Bonchev–Trinajstić information content (AvgIpc) is 2.90. The summed E-state index contributed by atoms with van der Waals surface area (Å²) in [6, 6.07) is 2.64. The Morgan fingerprint density at radius 3 is 2.94 bits per heavy atom. The molecule has 1 atom stereocenters. The van der Waals surface area contributed by atoms with Gasteiger partial charge in [-0.15, -0.1) is 0 Å². The predicted molar refractivity (Wildman–Crippen MR) is 70.5 cm³/mol. The highest BCUT2D eigenvalue weighted by atomic mass is 16.5. The number of rotatable bonds is 6. The molecule has 2 heterocycles. The van der Waals surface area contributed by atoms with Crippen LogP contribution in [0, 0.1) is 0 Å². The fourth-order valence-corrected chi connectivity index (χ4v) is 2.67. The molecule has 1 aromatic heterocycles. The van der Waals surface area contributed by atoms with Crippen LogP contribution in [0.1, 0.15) is 50.0 Å². The summed E-state index contributed by atoms with van der Waals surface area (Å²) in [5.41, 5.74) is 1.05. The molecule has 4 nitrogen and oxygen atoms in total. The van der Waals surface area contributed by atoms with Crippen molar-refractivity contribution in [3.8, 4) is 0 Å². The van der Waals surface area contributed by atoms with Crippen LogP contribution in [0.25, 0.3) is 0 Å². The van der Waals surface area contributed by atoms with Crippen LogP contribution in [0.5, 0.6) is 0 Å². The van der Waals surface area contributed by atoms with E-state index in [2.05, 4.69) is 28.4 Å². The van der Waals surface area contributed by atoms with Crippen molar-refractivity contribution in [1.82, 2.24) is 15.4 Å². The Kier molecular flexibility index (Phi) is 3.66. The molecule has 0 spiro atoms. The Morgan fingerprint density at radius 1 is 1.44 bits per heavy atom. The molecule has 1 saturated heterocycles. The quantitative estimate of drug-likeness (QED) is 0.838. The van der Waals surface area contributed by atoms with Crippen LogP contribution >= 0.6 is 0 Å². The summed E-state index contributed by atoms with van der Waals surface area (Å²) in [7, 11) is 0. The molecule has 18 heavy (non-hydrogen) atoms. The first-order chi connectivity index (χ1) is 8.81. The highest BCUT2D eigenvalue weighted by Crippen LogP contribution is 2.40. The van der Waals surface area contributed by atoms with Gasteiger partial charge >= 0.3 is 0 Å². The van der Waals surface area contributed by atoms with Crippen LogP contribution in [0.2, 0.25) is 0 Å². The van der Waals surface area contributed by atoms with Crippen molar-refractivity contribution in [3.05, 3.63) is 17.5 Å². The van der Waals surface area contributed by atoms with Crippen LogP contribution in [-0.4, -0.2) is 35.7 Å². The first kappa shape index (κ1) is 12.2. The lowest BCUT2D eigenvalue weighted by Gasteiger charge is -2.20. The fraction of sp³-hybridized carbons (Fsp3) is 0.786. The normalized spacial score (nSPS) is 22.5. The van der Waals surface area contributed by atoms with Crippen LogP contribution in [-0.2, 0) is 6.54 Å². The van der Waals surface area contributed by atoms with Gasteiger partial charge in [-0.25, -0.2) is 0 Å². The van der Waals surface area contributed by atoms with Gasteiger partial charge in [0.25, 0.3) is 0 Å². The Hall–Kier alpha value is -0.870. The minimum absolute atomic E-state index is 0.518. The third-order valence-electron chi connectivity index (χ3n) is 3.92. The third kappa shape index (κ3) is 3.12. The van der Waals surface area contributed by atoms with Crippen molar-refractivity contribution in [2.75, 3.05) is 19.6 Å². The SMILES string of the molecule is CC(CN1CCCC1)NCc1cc(C2CC2)on1. The van der Waals surface area contributed by atoms with E-state index in [1.165, 1.54) is 38.8 Å². The predicted octanol–water partition coefficient (Wildman–Crippen LogP) is 2.13. The largest absolute Gasteiger partial charge is 0.361 e. The highest BCUT2D eigenvalue weighted by Gasteiger charge is 2.27. The van der Waals surface area contributed by atoms with E-state index in [0.29, 0.717) is 12.0 Å². The van der Waals surface area contributed by atoms with Crippen LogP contribution < -0.4 is 5.32 Å². The summed E-state index contributed by atoms with van der Waals surface area (Å²) >= 11 is 0. The topological polar surface area (TPSA) is 41.3 Å². The van der Waals surface area contributed by atoms with Gasteiger partial charge in [0.1, 0.15) is 5.76 Å². The van der Waals surface area contributed by atoms with Crippen molar-refractivity contribution < 1.29 is 4.52 Å². The molecule has 0 bridgehead atoms. The highest BCUT2D eigenvalue weighted by molar-refractivity contribution is 5.14. The lowest BCUT2D eigenvalue weighted by molar-refractivity contribution is 0.296. The summed E-state index contributed by atoms with van der Waals surface area (Å²) in [5, 5.41) is 7.66. The van der Waals surface area contributed by atoms with Gasteiger partial charge in [-0.3, -0.25) is 0 Å². The zero-order valence-electron chi connectivity index (χ0n) is 11.2. The van der Waals surface area contributed by atoms with Gasteiger partial charge in [-0.05, 0) is 45.7 Å². The third-order valence-corrected chi connectivity index (χ3v) is 3.92. The average molecular weight is 249 g/mol. The molecule has 1 unspecified atom stereocenters. The van der Waals surface area contributed by atoms with Gasteiger partial charge < -0.3 is 14.7 Å². The molecular weight excluding hydrogens is 226 g/mol. The summed E-state index contributed by atoms with van der Waals surface area (Å²) in [6.07, 6.45) is 5.27. The number of nitrogens with zero attached hydrogens (tertiary/aromatic N) is 2. The van der Waals surface area contributed by atoms with E-state index < -0.39 is 0 Å². The molecule has 1 saturated carbocycles. The number of hydrogen-bond donors (Lipinski definition) is 1. The van der Waals surface area contributed by atoms with Crippen molar-refractivity contribution in [1.29, 1.82) is 0 Å². The molecule has 1 aliphatic heterocycles. The molecule has 2 aliphatic rings. The molecule has 1 N–H and O–H groups in total. The lowest BCUT2D eigenvalue weighted by Crippen LogP contribution is -2.37. The molecular formula is C14H23N3O. The van der Waals surface area contributed by atoms with Gasteiger partial charge in [0, 0.05) is 31.1 Å². The number of hydrogen-bond acceptors (Lipinski definition) is 4. The van der Waals surface area contributed by atoms with E-state index >= 15 is 0 Å². The molecule has 3 rings (SSSR count). The molecule has 4 heteroatoms. The summed E-state index contributed by atoms with van der Waals surface area (Å²) in [4.78, 5) is 2.54. The molecule has 0 amide bonds. The van der Waals surface area contributed by atoms with E-state index in [1.807, 2.05) is 0 Å². The van der Waals surface area contributed by atoms with E-state index in [4.69, 9.17) is 4.52 Å². The molecule has 1 aliphatic carbocycles. The maximum Gasteiger partial charge on any atom is 0.140 e. The number of nitrogens with one attached hydrogen (secondary N) is 1. The van der Waals surface area contributed by atoms with Crippen LogP contribution in [0.4, 0.5) is 0 Å². The zero-order valence-corrected chi connectivity index (χ0v) is 11.2. The van der Waals surface area contributed by atoms with Crippen molar-refractivity contribution in [2.24, 2.45) is 0 Å². The van der Waals surface area contributed by atoms with E-state index in [1.54, 1.807) is 0 Å². The van der Waals surface area contributed by atoms with Gasteiger partial charge in [0.05, 0.1) is 5.69 Å². The summed E-state index contributed by atoms with van der Waals surface area (Å²) in [6.45, 7) is 6.75. The van der Waals surface area contributed by atoms with Crippen molar-refractivity contribution >= 4 is 0 Å². The number of likely N-dealkylation sites (tertiary alicyclic amines) is 1. The second-order valence-electron chi connectivity index (χ2n) is 5.78. The Bertz CT molecular complexity index is 380. The Labute approximate surface area is 109 Å². The monoisotopic (exact) mass is 249 g/mol. The molecule has 2 fully saturated rings. The standard InChI is InChI=1S/C14H23N3O/c1-11(10-17-6-2-3-7-17)15-9-13-8-14(18-16-13)12-4-5-12/h8,11-12,15H,2-7,9-10H2,1H3. The maximum atomic E-state index is 5.35. The van der Waals surface area contributed by atoms with E-state index in [-0.39, 0.29) is 0 Å². The smallest absolute Gasteiger partial charge is 0.140 e. The summed E-state index contributed by atoms with van der Waals surface area (Å²) < 4.78 is 5.35. The fourth-order valence-electron chi connectivity index (χ4n) is 2.67. The minimum atomic E-state index is 0.518. The minimum Gasteiger partial charge on any atom is -0.361 e. The molecule has 0 radical (unpaired) electrons. The first-order valence-electron chi connectivity index (χ1n) is 7.22. The number of aromatic nitrogens is 1. The maximum absolute atomic E-state index is 5.35. The second-order valence-corrected chi connectivity index (χ2v) is 5.78. The molecule has 100 valence electrons. The van der Waals surface area contributed by atoms with Gasteiger partial charge in [0.15, 0.2) is 0 Å². The van der Waals surface area contributed by atoms with Crippen molar-refractivity contribution in [2.45, 2.75) is 51.1 Å². The zero-order chi connectivity index (χ0) is 12.4. The van der Waals surface area contributed by atoms with Crippen molar-refractivity contribution in [3.63, 3.8) is 0 Å². The molecule has 0 aromatic carbocycles. The molecule has 1 aromatic rings. The van der Waals surface area contributed by atoms with Gasteiger partial charge in [0.2, 0.25) is 0 Å². The van der Waals surface area contributed by atoms with Gasteiger partial charge in [-0.2, -0.15) is 0 Å². The van der Waals surface area contributed by atoms with E-state index in [0.717, 1.165) is 24.5 Å². The lowest BCUT2D eigenvalue weighted by atomic mass is 10.2. The van der Waals surface area contributed by atoms with Gasteiger partial charge in [-0.1, -0.05) is 5.16 Å².